The molecular weight excluding hydrogens is 320 g/mol. The van der Waals surface area contributed by atoms with Crippen LogP contribution in [0.5, 0.6) is 0 Å². The van der Waals surface area contributed by atoms with E-state index in [9.17, 15) is 24.5 Å². The van der Waals surface area contributed by atoms with Crippen molar-refractivity contribution < 1.29 is 24.4 Å². The molecule has 1 aromatic rings. The van der Waals surface area contributed by atoms with E-state index >= 15 is 0 Å². The Morgan fingerprint density at radius 2 is 2.08 bits per heavy atom. The number of imide groups is 1. The van der Waals surface area contributed by atoms with Gasteiger partial charge in [-0.05, 0) is 13.0 Å². The first-order valence-electron chi connectivity index (χ1n) is 6.80. The molecule has 0 fully saturated rings. The monoisotopic (exact) mass is 334 g/mol. The Morgan fingerprint density at radius 1 is 1.42 bits per heavy atom. The number of nitrogens with zero attached hydrogens (tertiary/aromatic N) is 2. The van der Waals surface area contributed by atoms with Crippen molar-refractivity contribution in [1.82, 2.24) is 4.90 Å². The lowest BCUT2D eigenvalue weighted by atomic mass is 10.1. The highest BCUT2D eigenvalue weighted by molar-refractivity contribution is 6.17. The third-order valence-electron chi connectivity index (χ3n) is 3.46. The molecule has 24 heavy (non-hydrogen) atoms. The number of benzene rings is 1. The fourth-order valence-electron chi connectivity index (χ4n) is 2.22. The van der Waals surface area contributed by atoms with E-state index in [0.717, 1.165) is 17.0 Å². The van der Waals surface area contributed by atoms with Gasteiger partial charge in [0.1, 0.15) is 5.70 Å². The number of carbonyl (C=O) groups is 3. The second-order valence-corrected chi connectivity index (χ2v) is 4.99. The lowest BCUT2D eigenvalue weighted by Crippen LogP contribution is -2.34. The average Bonchev–Trinajstić information content (AvgIpc) is 2.76. The third kappa shape index (κ3) is 3.08. The number of nitrogens with two attached hydrogens (primary N) is 1. The van der Waals surface area contributed by atoms with Crippen LogP contribution < -0.4 is 11.1 Å². The van der Waals surface area contributed by atoms with Crippen LogP contribution in [0.25, 0.3) is 0 Å². The summed E-state index contributed by atoms with van der Waals surface area (Å²) in [7, 11) is 0. The molecule has 4 N–H and O–H groups in total. The molecule has 0 unspecified atom stereocenters. The highest BCUT2D eigenvalue weighted by atomic mass is 16.6. The molecule has 0 saturated heterocycles. The first kappa shape index (κ1) is 17.1. The van der Waals surface area contributed by atoms with E-state index < -0.39 is 22.6 Å². The minimum absolute atomic E-state index is 0.108. The minimum Gasteiger partial charge on any atom is -0.395 e. The summed E-state index contributed by atoms with van der Waals surface area (Å²) in [5.41, 5.74) is 4.86. The number of hydrogen-bond donors (Lipinski definition) is 3. The van der Waals surface area contributed by atoms with E-state index in [-0.39, 0.29) is 41.4 Å². The van der Waals surface area contributed by atoms with E-state index in [1.54, 1.807) is 0 Å². The summed E-state index contributed by atoms with van der Waals surface area (Å²) < 4.78 is 0. The lowest BCUT2D eigenvalue weighted by Gasteiger charge is -2.14. The van der Waals surface area contributed by atoms with Crippen molar-refractivity contribution in [3.05, 3.63) is 45.1 Å². The van der Waals surface area contributed by atoms with Crippen molar-refractivity contribution in [2.24, 2.45) is 5.73 Å². The van der Waals surface area contributed by atoms with Gasteiger partial charge in [-0.2, -0.15) is 0 Å². The first-order chi connectivity index (χ1) is 11.3. The largest absolute Gasteiger partial charge is 0.395 e. The number of rotatable bonds is 6. The molecule has 0 aliphatic carbocycles. The van der Waals surface area contributed by atoms with E-state index in [0.29, 0.717) is 0 Å². The van der Waals surface area contributed by atoms with Gasteiger partial charge >= 0.3 is 0 Å². The van der Waals surface area contributed by atoms with Crippen LogP contribution in [0.3, 0.4) is 0 Å². The van der Waals surface area contributed by atoms with E-state index in [4.69, 9.17) is 10.8 Å². The number of nitro groups is 1. The maximum Gasteiger partial charge on any atom is 0.277 e. The molecule has 2 rings (SSSR count). The zero-order chi connectivity index (χ0) is 18.0. The Hall–Kier alpha value is -3.27. The van der Waals surface area contributed by atoms with Gasteiger partial charge < -0.3 is 16.2 Å². The van der Waals surface area contributed by atoms with Gasteiger partial charge in [-0.25, -0.2) is 0 Å². The van der Waals surface area contributed by atoms with Crippen molar-refractivity contribution in [2.75, 3.05) is 18.5 Å². The van der Waals surface area contributed by atoms with Crippen LogP contribution in [0, 0.1) is 17.0 Å². The molecule has 3 amide bonds. The molecule has 0 saturated carbocycles. The SMILES string of the molecule is Cc1c(NC2=CC(=O)N(CCO)C2=O)cc(C(N)=O)cc1[N+](=O)[O-]. The summed E-state index contributed by atoms with van der Waals surface area (Å²) in [5.74, 6) is -2.17. The molecule has 1 aliphatic heterocycles. The average molecular weight is 334 g/mol. The number of nitrogens with one attached hydrogen (secondary N) is 1. The van der Waals surface area contributed by atoms with Gasteiger partial charge in [0, 0.05) is 23.4 Å². The van der Waals surface area contributed by atoms with Gasteiger partial charge in [-0.1, -0.05) is 0 Å². The summed E-state index contributed by atoms with van der Waals surface area (Å²) in [4.78, 5) is 46.4. The minimum atomic E-state index is -0.870. The maximum absolute atomic E-state index is 12.1. The van der Waals surface area contributed by atoms with Crippen LogP contribution in [-0.2, 0) is 9.59 Å². The number of carbonyl (C=O) groups excluding carboxylic acids is 3. The molecule has 10 nitrogen and oxygen atoms in total. The zero-order valence-electron chi connectivity index (χ0n) is 12.6. The number of nitro benzene ring substituents is 1. The van der Waals surface area contributed by atoms with Crippen LogP contribution in [0.15, 0.2) is 23.9 Å². The first-order valence-corrected chi connectivity index (χ1v) is 6.80. The summed E-state index contributed by atoms with van der Waals surface area (Å²) in [6.45, 7) is 0.874. The topological polar surface area (TPSA) is 156 Å². The second-order valence-electron chi connectivity index (χ2n) is 4.99. The van der Waals surface area contributed by atoms with Crippen LogP contribution in [0.1, 0.15) is 15.9 Å². The van der Waals surface area contributed by atoms with Gasteiger partial charge in [-0.3, -0.25) is 29.4 Å². The predicted molar refractivity (Wildman–Crippen MR) is 81.9 cm³/mol. The van der Waals surface area contributed by atoms with Gasteiger partial charge in [-0.15, -0.1) is 0 Å². The van der Waals surface area contributed by atoms with Crippen molar-refractivity contribution in [2.45, 2.75) is 6.92 Å². The van der Waals surface area contributed by atoms with Crippen molar-refractivity contribution in [3.63, 3.8) is 0 Å². The highest BCUT2D eigenvalue weighted by Crippen LogP contribution is 2.29. The lowest BCUT2D eigenvalue weighted by molar-refractivity contribution is -0.385. The quantitative estimate of drug-likeness (QED) is 0.365. The Morgan fingerprint density at radius 3 is 2.62 bits per heavy atom. The molecule has 1 aliphatic rings. The van der Waals surface area contributed by atoms with Crippen LogP contribution in [0.2, 0.25) is 0 Å². The van der Waals surface area contributed by atoms with Crippen LogP contribution >= 0.6 is 0 Å². The predicted octanol–water partition coefficient (Wildman–Crippen LogP) is -0.341. The molecule has 126 valence electrons. The molecule has 0 atom stereocenters. The van der Waals surface area contributed by atoms with E-state index in [1.807, 2.05) is 0 Å². The molecule has 1 aromatic carbocycles. The number of hydrogen-bond acceptors (Lipinski definition) is 7. The number of β-amino-alcohol motifs (C(OH)–C–C–N with tert-alkyl or cyclic N) is 1. The molecule has 0 aromatic heterocycles. The van der Waals surface area contributed by atoms with Gasteiger partial charge in [0.15, 0.2) is 0 Å². The molecule has 0 radical (unpaired) electrons. The normalized spacial score (nSPS) is 13.9. The highest BCUT2D eigenvalue weighted by Gasteiger charge is 2.31. The maximum atomic E-state index is 12.1. The number of aliphatic hydroxyl groups excluding tert-OH is 1. The zero-order valence-corrected chi connectivity index (χ0v) is 12.6. The van der Waals surface area contributed by atoms with E-state index in [2.05, 4.69) is 5.32 Å². The summed E-state index contributed by atoms with van der Waals surface area (Å²) in [5, 5.41) is 22.6. The smallest absolute Gasteiger partial charge is 0.277 e. The number of aliphatic hydroxyl groups is 1. The Labute approximate surface area is 135 Å². The van der Waals surface area contributed by atoms with E-state index in [1.165, 1.54) is 13.0 Å². The van der Waals surface area contributed by atoms with Crippen molar-refractivity contribution >= 4 is 29.1 Å². The van der Waals surface area contributed by atoms with Crippen molar-refractivity contribution in [3.8, 4) is 0 Å². The molecular formula is C14H14N4O6. The van der Waals surface area contributed by atoms with Crippen LogP contribution in [0.4, 0.5) is 11.4 Å². The Bertz CT molecular complexity index is 786. The summed E-state index contributed by atoms with van der Waals surface area (Å²) in [6, 6.07) is 2.30. The molecule has 10 heteroatoms. The number of primary amides is 1. The molecule has 1 heterocycles. The summed E-state index contributed by atoms with van der Waals surface area (Å²) in [6.07, 6.45) is 1.01. The Kier molecular flexibility index (Phi) is 4.60. The summed E-state index contributed by atoms with van der Waals surface area (Å²) >= 11 is 0. The third-order valence-corrected chi connectivity index (χ3v) is 3.46. The second kappa shape index (κ2) is 6.46. The van der Waals surface area contributed by atoms with Crippen molar-refractivity contribution in [1.29, 1.82) is 0 Å². The fraction of sp³-hybridized carbons (Fsp3) is 0.214. The van der Waals surface area contributed by atoms with Gasteiger partial charge in [0.25, 0.3) is 17.5 Å². The fourth-order valence-corrected chi connectivity index (χ4v) is 2.22. The standard InChI is InChI=1S/C14H14N4O6/c1-7-9(4-8(13(15)21)5-11(7)18(23)24)16-10-6-12(20)17(2-3-19)14(10)22/h4-6,16,19H,2-3H2,1H3,(H2,15,21). The van der Waals surface area contributed by atoms with Crippen LogP contribution in [-0.4, -0.2) is 45.8 Å². The van der Waals surface area contributed by atoms with Gasteiger partial charge in [0.05, 0.1) is 23.6 Å². The van der Waals surface area contributed by atoms with Gasteiger partial charge in [0.2, 0.25) is 5.91 Å². The molecule has 0 spiro atoms. The number of amides is 3. The number of anilines is 1. The Balaban J connectivity index is 2.41. The molecule has 0 bridgehead atoms.